The van der Waals surface area contributed by atoms with Crippen LogP contribution < -0.4 is 0 Å². The topological polar surface area (TPSA) is 75.4 Å². The molecule has 1 aromatic carbocycles. The van der Waals surface area contributed by atoms with Crippen molar-refractivity contribution in [3.63, 3.8) is 0 Å². The maximum absolute atomic E-state index is 12.4. The molecule has 1 fully saturated rings. The molecular formula is C18H21N3O3. The number of hydrogen-bond donors (Lipinski definition) is 1. The second kappa shape index (κ2) is 7.29. The zero-order valence-corrected chi connectivity index (χ0v) is 13.4. The minimum absolute atomic E-state index is 0.0295. The lowest BCUT2D eigenvalue weighted by molar-refractivity contribution is -0.152. The highest BCUT2D eigenvalue weighted by Crippen LogP contribution is 2.36. The van der Waals surface area contributed by atoms with Crippen LogP contribution in [0, 0.1) is 5.92 Å². The van der Waals surface area contributed by atoms with Gasteiger partial charge in [0.1, 0.15) is 0 Å². The standard InChI is InChI=1S/C18H21N3O3/c22-16-9-8-15(18(23)24)17(14-6-2-1-3-7-14)21(16)13-5-12-20-11-4-10-19-20/h1-4,6-7,10-11,15,17H,5,8-9,12-13H2,(H,23,24)/t15-,17+/m1/s1. The summed E-state index contributed by atoms with van der Waals surface area (Å²) < 4.78 is 1.82. The number of likely N-dealkylation sites (tertiary alicyclic amines) is 1. The van der Waals surface area contributed by atoms with E-state index in [1.807, 2.05) is 47.3 Å². The molecule has 1 aromatic heterocycles. The molecule has 1 aliphatic heterocycles. The number of rotatable bonds is 6. The molecule has 1 amide bonds. The zero-order valence-electron chi connectivity index (χ0n) is 13.4. The van der Waals surface area contributed by atoms with Crippen LogP contribution in [0.1, 0.15) is 30.9 Å². The van der Waals surface area contributed by atoms with Gasteiger partial charge in [-0.25, -0.2) is 0 Å². The van der Waals surface area contributed by atoms with Crippen LogP contribution in [0.3, 0.4) is 0 Å². The summed E-state index contributed by atoms with van der Waals surface area (Å²) in [6.07, 6.45) is 5.03. The summed E-state index contributed by atoms with van der Waals surface area (Å²) in [5.41, 5.74) is 0.886. The number of nitrogens with zero attached hydrogens (tertiary/aromatic N) is 3. The maximum Gasteiger partial charge on any atom is 0.308 e. The Morgan fingerprint density at radius 1 is 1.21 bits per heavy atom. The van der Waals surface area contributed by atoms with Crippen LogP contribution in [0.15, 0.2) is 48.8 Å². The number of aliphatic carboxylic acids is 1. The lowest BCUT2D eigenvalue weighted by atomic mass is 9.84. The van der Waals surface area contributed by atoms with Gasteiger partial charge in [0.25, 0.3) is 0 Å². The monoisotopic (exact) mass is 327 g/mol. The second-order valence-electron chi connectivity index (χ2n) is 6.05. The number of aryl methyl sites for hydroxylation is 1. The number of piperidine rings is 1. The Morgan fingerprint density at radius 2 is 2.00 bits per heavy atom. The predicted octanol–water partition coefficient (Wildman–Crippen LogP) is 2.34. The fourth-order valence-electron chi connectivity index (χ4n) is 3.37. The van der Waals surface area contributed by atoms with Gasteiger partial charge in [0, 0.05) is 31.9 Å². The Bertz CT molecular complexity index is 685. The van der Waals surface area contributed by atoms with Gasteiger partial charge in [-0.2, -0.15) is 5.10 Å². The molecule has 0 radical (unpaired) electrons. The van der Waals surface area contributed by atoms with Crippen molar-refractivity contribution in [1.82, 2.24) is 14.7 Å². The molecule has 2 aromatic rings. The number of carboxylic acid groups (broad SMARTS) is 1. The van der Waals surface area contributed by atoms with Crippen molar-refractivity contribution >= 4 is 11.9 Å². The summed E-state index contributed by atoms with van der Waals surface area (Å²) in [6.45, 7) is 1.23. The van der Waals surface area contributed by atoms with E-state index < -0.39 is 17.9 Å². The number of carbonyl (C=O) groups excluding carboxylic acids is 1. The van der Waals surface area contributed by atoms with E-state index in [2.05, 4.69) is 5.10 Å². The van der Waals surface area contributed by atoms with E-state index in [0.717, 1.165) is 12.0 Å². The lowest BCUT2D eigenvalue weighted by Gasteiger charge is -2.40. The fourth-order valence-corrected chi connectivity index (χ4v) is 3.37. The molecule has 2 heterocycles. The average molecular weight is 327 g/mol. The Labute approximate surface area is 140 Å². The maximum atomic E-state index is 12.4. The van der Waals surface area contributed by atoms with Crippen LogP contribution >= 0.6 is 0 Å². The number of hydrogen-bond acceptors (Lipinski definition) is 3. The number of aromatic nitrogens is 2. The van der Waals surface area contributed by atoms with Gasteiger partial charge in [0.15, 0.2) is 0 Å². The van der Waals surface area contributed by atoms with Gasteiger partial charge in [0.2, 0.25) is 5.91 Å². The fraction of sp³-hybridized carbons (Fsp3) is 0.389. The summed E-state index contributed by atoms with van der Waals surface area (Å²) in [6, 6.07) is 10.9. The molecule has 0 spiro atoms. The van der Waals surface area contributed by atoms with E-state index in [4.69, 9.17) is 0 Å². The van der Waals surface area contributed by atoms with E-state index >= 15 is 0 Å². The highest BCUT2D eigenvalue weighted by atomic mass is 16.4. The third-order valence-electron chi connectivity index (χ3n) is 4.51. The van der Waals surface area contributed by atoms with Crippen molar-refractivity contribution in [2.75, 3.05) is 6.54 Å². The molecule has 1 saturated heterocycles. The average Bonchev–Trinajstić information content (AvgIpc) is 3.10. The Kier molecular flexibility index (Phi) is 4.93. The second-order valence-corrected chi connectivity index (χ2v) is 6.05. The molecular weight excluding hydrogens is 306 g/mol. The highest BCUT2D eigenvalue weighted by molar-refractivity contribution is 5.81. The first-order valence-electron chi connectivity index (χ1n) is 8.21. The molecule has 0 unspecified atom stereocenters. The van der Waals surface area contributed by atoms with Gasteiger partial charge in [-0.1, -0.05) is 30.3 Å². The minimum atomic E-state index is -0.839. The minimum Gasteiger partial charge on any atom is -0.481 e. The summed E-state index contributed by atoms with van der Waals surface area (Å²) in [4.78, 5) is 25.9. The summed E-state index contributed by atoms with van der Waals surface area (Å²) >= 11 is 0. The highest BCUT2D eigenvalue weighted by Gasteiger charge is 2.40. The van der Waals surface area contributed by atoms with E-state index in [0.29, 0.717) is 25.9 Å². The van der Waals surface area contributed by atoms with Crippen molar-refractivity contribution in [2.45, 2.75) is 31.8 Å². The molecule has 6 nitrogen and oxygen atoms in total. The van der Waals surface area contributed by atoms with Crippen molar-refractivity contribution in [3.05, 3.63) is 54.4 Å². The molecule has 126 valence electrons. The van der Waals surface area contributed by atoms with Crippen molar-refractivity contribution < 1.29 is 14.7 Å². The molecule has 2 atom stereocenters. The van der Waals surface area contributed by atoms with Crippen LogP contribution in [-0.4, -0.2) is 38.2 Å². The SMILES string of the molecule is O=C(O)[C@@H]1CCC(=O)N(CCCn2cccn2)[C@H]1c1ccccc1. The number of benzene rings is 1. The zero-order chi connectivity index (χ0) is 16.9. The third-order valence-corrected chi connectivity index (χ3v) is 4.51. The van der Waals surface area contributed by atoms with Crippen LogP contribution in [0.5, 0.6) is 0 Å². The molecule has 0 bridgehead atoms. The molecule has 1 aliphatic rings. The first-order chi connectivity index (χ1) is 11.7. The van der Waals surface area contributed by atoms with E-state index in [9.17, 15) is 14.7 Å². The van der Waals surface area contributed by atoms with Crippen molar-refractivity contribution in [2.24, 2.45) is 5.92 Å². The van der Waals surface area contributed by atoms with E-state index in [1.165, 1.54) is 0 Å². The van der Waals surface area contributed by atoms with Crippen molar-refractivity contribution in [1.29, 1.82) is 0 Å². The van der Waals surface area contributed by atoms with Crippen LogP contribution in [-0.2, 0) is 16.1 Å². The van der Waals surface area contributed by atoms with Gasteiger partial charge in [-0.3, -0.25) is 14.3 Å². The largest absolute Gasteiger partial charge is 0.481 e. The first kappa shape index (κ1) is 16.2. The van der Waals surface area contributed by atoms with Gasteiger partial charge in [-0.15, -0.1) is 0 Å². The van der Waals surface area contributed by atoms with Crippen LogP contribution in [0.4, 0.5) is 0 Å². The summed E-state index contributed by atoms with van der Waals surface area (Å²) in [7, 11) is 0. The normalized spacial score (nSPS) is 21.0. The number of carboxylic acids is 1. The van der Waals surface area contributed by atoms with E-state index in [-0.39, 0.29) is 5.91 Å². The molecule has 3 rings (SSSR count). The summed E-state index contributed by atoms with van der Waals surface area (Å²) in [5, 5.41) is 13.8. The third kappa shape index (κ3) is 3.48. The Balaban J connectivity index is 1.78. The summed E-state index contributed by atoms with van der Waals surface area (Å²) in [5.74, 6) is -1.37. The van der Waals surface area contributed by atoms with Crippen molar-refractivity contribution in [3.8, 4) is 0 Å². The lowest BCUT2D eigenvalue weighted by Crippen LogP contribution is -2.45. The number of amides is 1. The molecule has 0 saturated carbocycles. The Hall–Kier alpha value is -2.63. The molecule has 24 heavy (non-hydrogen) atoms. The van der Waals surface area contributed by atoms with Crippen LogP contribution in [0.25, 0.3) is 0 Å². The Morgan fingerprint density at radius 3 is 2.67 bits per heavy atom. The number of carbonyl (C=O) groups is 2. The van der Waals surface area contributed by atoms with Crippen LogP contribution in [0.2, 0.25) is 0 Å². The molecule has 6 heteroatoms. The first-order valence-corrected chi connectivity index (χ1v) is 8.21. The molecule has 0 aliphatic carbocycles. The van der Waals surface area contributed by atoms with Gasteiger partial charge < -0.3 is 10.0 Å². The van der Waals surface area contributed by atoms with Gasteiger partial charge in [-0.05, 0) is 24.5 Å². The molecule has 1 N–H and O–H groups in total. The predicted molar refractivity (Wildman–Crippen MR) is 88.1 cm³/mol. The smallest absolute Gasteiger partial charge is 0.308 e. The van der Waals surface area contributed by atoms with Gasteiger partial charge >= 0.3 is 5.97 Å². The van der Waals surface area contributed by atoms with Gasteiger partial charge in [0.05, 0.1) is 12.0 Å². The van der Waals surface area contributed by atoms with E-state index in [1.54, 1.807) is 11.1 Å². The quantitative estimate of drug-likeness (QED) is 0.883.